The molecule has 2 heteroatoms. The summed E-state index contributed by atoms with van der Waals surface area (Å²) in [7, 11) is 0. The van der Waals surface area contributed by atoms with Crippen molar-refractivity contribution in [2.75, 3.05) is 6.54 Å². The molecule has 0 amide bonds. The lowest BCUT2D eigenvalue weighted by Gasteiger charge is -2.08. The van der Waals surface area contributed by atoms with Crippen molar-refractivity contribution in [3.63, 3.8) is 0 Å². The van der Waals surface area contributed by atoms with Crippen LogP contribution in [0, 0.1) is 0 Å². The average molecular weight is 257 g/mol. The minimum absolute atomic E-state index is 0.620. The van der Waals surface area contributed by atoms with E-state index < -0.39 is 0 Å². The molecule has 1 aromatic carbocycles. The Morgan fingerprint density at radius 2 is 1.79 bits per heavy atom. The molecule has 1 N–H and O–H groups in total. The smallest absolute Gasteiger partial charge is 0.134 e. The van der Waals surface area contributed by atoms with E-state index in [1.54, 1.807) is 0 Å². The molecule has 19 heavy (non-hydrogen) atoms. The van der Waals surface area contributed by atoms with Crippen LogP contribution in [0.3, 0.4) is 0 Å². The average Bonchev–Trinajstić information content (AvgIpc) is 2.93. The van der Waals surface area contributed by atoms with Gasteiger partial charge in [-0.3, -0.25) is 0 Å². The van der Waals surface area contributed by atoms with Gasteiger partial charge in [0, 0.05) is 5.56 Å². The van der Waals surface area contributed by atoms with Crippen molar-refractivity contribution in [2.24, 2.45) is 0 Å². The van der Waals surface area contributed by atoms with Crippen LogP contribution in [0.5, 0.6) is 0 Å². The third-order valence-electron chi connectivity index (χ3n) is 3.59. The molecular formula is C17H23NO. The third-order valence-corrected chi connectivity index (χ3v) is 3.59. The van der Waals surface area contributed by atoms with Gasteiger partial charge < -0.3 is 9.73 Å². The van der Waals surface area contributed by atoms with E-state index in [4.69, 9.17) is 4.42 Å². The fourth-order valence-electron chi connectivity index (χ4n) is 2.09. The van der Waals surface area contributed by atoms with Crippen LogP contribution < -0.4 is 5.32 Å². The minimum atomic E-state index is 0.620. The first-order valence-corrected chi connectivity index (χ1v) is 7.14. The van der Waals surface area contributed by atoms with E-state index in [2.05, 4.69) is 50.4 Å². The van der Waals surface area contributed by atoms with Gasteiger partial charge in [0.05, 0.1) is 6.54 Å². The largest absolute Gasteiger partial charge is 0.460 e. The Bertz CT molecular complexity index is 498. The van der Waals surface area contributed by atoms with Gasteiger partial charge in [0.25, 0.3) is 0 Å². The summed E-state index contributed by atoms with van der Waals surface area (Å²) in [5.41, 5.74) is 2.54. The molecule has 1 heterocycles. The van der Waals surface area contributed by atoms with Crippen molar-refractivity contribution in [3.8, 4) is 11.3 Å². The summed E-state index contributed by atoms with van der Waals surface area (Å²) in [6.45, 7) is 8.33. The lowest BCUT2D eigenvalue weighted by atomic mass is 9.97. The molecule has 2 aromatic rings. The molecule has 0 aliphatic rings. The fourth-order valence-corrected chi connectivity index (χ4v) is 2.09. The molecule has 102 valence electrons. The topological polar surface area (TPSA) is 25.2 Å². The molecular weight excluding hydrogens is 234 g/mol. The van der Waals surface area contributed by atoms with E-state index >= 15 is 0 Å². The quantitative estimate of drug-likeness (QED) is 0.820. The Morgan fingerprint density at radius 3 is 2.42 bits per heavy atom. The second-order valence-electron chi connectivity index (χ2n) is 4.98. The maximum Gasteiger partial charge on any atom is 0.134 e. The van der Waals surface area contributed by atoms with Crippen molar-refractivity contribution in [2.45, 2.75) is 39.7 Å². The summed E-state index contributed by atoms with van der Waals surface area (Å²) in [6, 6.07) is 12.8. The Kier molecular flexibility index (Phi) is 4.80. The Morgan fingerprint density at radius 1 is 1.05 bits per heavy atom. The molecule has 0 aliphatic heterocycles. The van der Waals surface area contributed by atoms with Crippen LogP contribution in [0.25, 0.3) is 11.3 Å². The van der Waals surface area contributed by atoms with Crippen LogP contribution in [0.4, 0.5) is 0 Å². The van der Waals surface area contributed by atoms with E-state index in [0.717, 1.165) is 30.2 Å². The van der Waals surface area contributed by atoms with Gasteiger partial charge >= 0.3 is 0 Å². The standard InChI is InChI=1S/C17H23NO/c1-4-13(3)14-6-8-15(9-7-14)17-11-10-16(19-17)12-18-5-2/h6-11,13,18H,4-5,12H2,1-3H3. The molecule has 1 unspecified atom stereocenters. The van der Waals surface area contributed by atoms with Gasteiger partial charge in [-0.25, -0.2) is 0 Å². The van der Waals surface area contributed by atoms with Crippen molar-refractivity contribution in [1.29, 1.82) is 0 Å². The number of benzene rings is 1. The second kappa shape index (κ2) is 6.58. The summed E-state index contributed by atoms with van der Waals surface area (Å²) in [5, 5.41) is 3.27. The van der Waals surface area contributed by atoms with E-state index in [9.17, 15) is 0 Å². The van der Waals surface area contributed by atoms with Crippen molar-refractivity contribution in [1.82, 2.24) is 5.32 Å². The van der Waals surface area contributed by atoms with Crippen molar-refractivity contribution < 1.29 is 4.42 Å². The molecule has 0 bridgehead atoms. The maximum absolute atomic E-state index is 5.84. The van der Waals surface area contributed by atoms with E-state index in [0.29, 0.717) is 5.92 Å². The highest BCUT2D eigenvalue weighted by molar-refractivity contribution is 5.58. The van der Waals surface area contributed by atoms with Crippen LogP contribution in [-0.2, 0) is 6.54 Å². The number of nitrogens with one attached hydrogen (secondary N) is 1. The lowest BCUT2D eigenvalue weighted by molar-refractivity contribution is 0.498. The van der Waals surface area contributed by atoms with Gasteiger partial charge in [0.2, 0.25) is 0 Å². The number of furan rings is 1. The highest BCUT2D eigenvalue weighted by atomic mass is 16.3. The first-order chi connectivity index (χ1) is 9.24. The molecule has 1 atom stereocenters. The number of hydrogen-bond acceptors (Lipinski definition) is 2. The lowest BCUT2D eigenvalue weighted by Crippen LogP contribution is -2.10. The molecule has 2 rings (SSSR count). The Labute approximate surface area is 115 Å². The van der Waals surface area contributed by atoms with Gasteiger partial charge in [-0.15, -0.1) is 0 Å². The molecule has 0 aliphatic carbocycles. The summed E-state index contributed by atoms with van der Waals surface area (Å²) in [4.78, 5) is 0. The first kappa shape index (κ1) is 13.9. The van der Waals surface area contributed by atoms with Crippen molar-refractivity contribution in [3.05, 3.63) is 47.7 Å². The molecule has 0 fully saturated rings. The highest BCUT2D eigenvalue weighted by Gasteiger charge is 2.06. The van der Waals surface area contributed by atoms with Crippen LogP contribution >= 0.6 is 0 Å². The number of rotatable bonds is 6. The van der Waals surface area contributed by atoms with E-state index in [-0.39, 0.29) is 0 Å². The predicted molar refractivity (Wildman–Crippen MR) is 80.2 cm³/mol. The van der Waals surface area contributed by atoms with Gasteiger partial charge in [-0.2, -0.15) is 0 Å². The van der Waals surface area contributed by atoms with Crippen LogP contribution in [0.15, 0.2) is 40.8 Å². The van der Waals surface area contributed by atoms with E-state index in [1.807, 2.05) is 12.1 Å². The predicted octanol–water partition coefficient (Wildman–Crippen LogP) is 4.57. The zero-order valence-electron chi connectivity index (χ0n) is 12.1. The van der Waals surface area contributed by atoms with Gasteiger partial charge in [-0.1, -0.05) is 45.0 Å². The summed E-state index contributed by atoms with van der Waals surface area (Å²) >= 11 is 0. The highest BCUT2D eigenvalue weighted by Crippen LogP contribution is 2.25. The Hall–Kier alpha value is -1.54. The monoisotopic (exact) mass is 257 g/mol. The van der Waals surface area contributed by atoms with Gasteiger partial charge in [0.1, 0.15) is 11.5 Å². The summed E-state index contributed by atoms with van der Waals surface area (Å²) in [6.07, 6.45) is 1.17. The zero-order valence-corrected chi connectivity index (χ0v) is 12.1. The molecule has 2 nitrogen and oxygen atoms in total. The third kappa shape index (κ3) is 3.48. The fraction of sp³-hybridized carbons (Fsp3) is 0.412. The summed E-state index contributed by atoms with van der Waals surface area (Å²) in [5.74, 6) is 2.56. The minimum Gasteiger partial charge on any atom is -0.460 e. The second-order valence-corrected chi connectivity index (χ2v) is 4.98. The molecule has 1 aromatic heterocycles. The molecule has 0 saturated carbocycles. The summed E-state index contributed by atoms with van der Waals surface area (Å²) < 4.78 is 5.84. The SMILES string of the molecule is CCNCc1ccc(-c2ccc(C(C)CC)cc2)o1. The molecule has 0 saturated heterocycles. The Balaban J connectivity index is 2.11. The van der Waals surface area contributed by atoms with E-state index in [1.165, 1.54) is 12.0 Å². The van der Waals surface area contributed by atoms with Gasteiger partial charge in [-0.05, 0) is 36.6 Å². The van der Waals surface area contributed by atoms with Crippen LogP contribution in [-0.4, -0.2) is 6.54 Å². The number of hydrogen-bond donors (Lipinski definition) is 1. The first-order valence-electron chi connectivity index (χ1n) is 7.14. The molecule has 0 radical (unpaired) electrons. The van der Waals surface area contributed by atoms with Crippen LogP contribution in [0.1, 0.15) is 44.4 Å². The van der Waals surface area contributed by atoms with Crippen molar-refractivity contribution >= 4 is 0 Å². The van der Waals surface area contributed by atoms with Gasteiger partial charge in [0.15, 0.2) is 0 Å². The molecule has 0 spiro atoms. The zero-order chi connectivity index (χ0) is 13.7. The maximum atomic E-state index is 5.84. The normalized spacial score (nSPS) is 12.6. The van der Waals surface area contributed by atoms with Crippen LogP contribution in [0.2, 0.25) is 0 Å².